The van der Waals surface area contributed by atoms with Crippen molar-refractivity contribution in [3.63, 3.8) is 0 Å². The Morgan fingerprint density at radius 2 is 1.75 bits per heavy atom. The number of nitrogens with zero attached hydrogens (tertiary/aromatic N) is 1. The molecule has 0 amide bonds. The van der Waals surface area contributed by atoms with Crippen molar-refractivity contribution in [2.24, 2.45) is 11.8 Å². The van der Waals surface area contributed by atoms with Crippen molar-refractivity contribution in [3.8, 4) is 0 Å². The molecule has 1 heterocycles. The predicted octanol–water partition coefficient (Wildman–Crippen LogP) is 3.87. The standard InChI is InChI=1S/C15H23N/c1-12(2)14-8-10-16(11-9-14)15-7-5-4-6-13(15)3/h4-7,12,14H,8-11H2,1-3H3. The van der Waals surface area contributed by atoms with Gasteiger partial charge in [0.05, 0.1) is 0 Å². The number of anilines is 1. The van der Waals surface area contributed by atoms with Crippen LogP contribution in [-0.4, -0.2) is 13.1 Å². The highest BCUT2D eigenvalue weighted by atomic mass is 15.1. The third kappa shape index (κ3) is 2.40. The first-order chi connectivity index (χ1) is 7.68. The molecular formula is C15H23N. The fourth-order valence-corrected chi connectivity index (χ4v) is 2.73. The molecule has 1 heteroatoms. The molecule has 1 saturated heterocycles. The van der Waals surface area contributed by atoms with Gasteiger partial charge in [0.25, 0.3) is 0 Å². The fraction of sp³-hybridized carbons (Fsp3) is 0.600. The smallest absolute Gasteiger partial charge is 0.0395 e. The molecule has 0 atom stereocenters. The fourth-order valence-electron chi connectivity index (χ4n) is 2.73. The van der Waals surface area contributed by atoms with Crippen molar-refractivity contribution >= 4 is 5.69 Å². The second kappa shape index (κ2) is 4.90. The Balaban J connectivity index is 2.02. The van der Waals surface area contributed by atoms with Gasteiger partial charge in [-0.25, -0.2) is 0 Å². The van der Waals surface area contributed by atoms with E-state index >= 15 is 0 Å². The van der Waals surface area contributed by atoms with E-state index in [2.05, 4.69) is 49.9 Å². The number of hydrogen-bond donors (Lipinski definition) is 0. The van der Waals surface area contributed by atoms with E-state index in [1.54, 1.807) is 0 Å². The average Bonchev–Trinajstić information content (AvgIpc) is 2.30. The lowest BCUT2D eigenvalue weighted by molar-refractivity contribution is 0.311. The zero-order valence-corrected chi connectivity index (χ0v) is 10.7. The summed E-state index contributed by atoms with van der Waals surface area (Å²) in [7, 11) is 0. The van der Waals surface area contributed by atoms with E-state index in [1.165, 1.54) is 37.2 Å². The first-order valence-corrected chi connectivity index (χ1v) is 6.49. The van der Waals surface area contributed by atoms with Crippen molar-refractivity contribution in [3.05, 3.63) is 29.8 Å². The molecule has 88 valence electrons. The molecule has 0 bridgehead atoms. The number of aryl methyl sites for hydroxylation is 1. The minimum absolute atomic E-state index is 0.846. The molecule has 0 N–H and O–H groups in total. The monoisotopic (exact) mass is 217 g/mol. The van der Waals surface area contributed by atoms with Crippen LogP contribution in [0.25, 0.3) is 0 Å². The van der Waals surface area contributed by atoms with Gasteiger partial charge in [0.1, 0.15) is 0 Å². The molecule has 0 spiro atoms. The van der Waals surface area contributed by atoms with Crippen molar-refractivity contribution < 1.29 is 0 Å². The first-order valence-electron chi connectivity index (χ1n) is 6.49. The maximum absolute atomic E-state index is 2.55. The Labute approximate surface area is 99.5 Å². The lowest BCUT2D eigenvalue weighted by atomic mass is 9.86. The topological polar surface area (TPSA) is 3.24 Å². The molecule has 1 aromatic rings. The van der Waals surface area contributed by atoms with Crippen molar-refractivity contribution in [1.82, 2.24) is 0 Å². The van der Waals surface area contributed by atoms with Crippen LogP contribution in [0.15, 0.2) is 24.3 Å². The van der Waals surface area contributed by atoms with Crippen LogP contribution in [0.5, 0.6) is 0 Å². The Bertz CT molecular complexity index is 335. The molecule has 16 heavy (non-hydrogen) atoms. The normalized spacial score (nSPS) is 18.1. The maximum atomic E-state index is 2.55. The lowest BCUT2D eigenvalue weighted by Crippen LogP contribution is -2.35. The van der Waals surface area contributed by atoms with Crippen molar-refractivity contribution in [2.45, 2.75) is 33.6 Å². The third-order valence-electron chi connectivity index (χ3n) is 3.94. The number of piperidine rings is 1. The summed E-state index contributed by atoms with van der Waals surface area (Å²) in [5.41, 5.74) is 2.84. The van der Waals surface area contributed by atoms with Crippen LogP contribution >= 0.6 is 0 Å². The third-order valence-corrected chi connectivity index (χ3v) is 3.94. The van der Waals surface area contributed by atoms with Gasteiger partial charge < -0.3 is 4.90 Å². The van der Waals surface area contributed by atoms with E-state index in [0.717, 1.165) is 11.8 Å². The van der Waals surface area contributed by atoms with Gasteiger partial charge in [0, 0.05) is 18.8 Å². The van der Waals surface area contributed by atoms with Crippen LogP contribution in [0.1, 0.15) is 32.3 Å². The quantitative estimate of drug-likeness (QED) is 0.727. The summed E-state index contributed by atoms with van der Waals surface area (Å²) < 4.78 is 0. The number of hydrogen-bond acceptors (Lipinski definition) is 1. The van der Waals surface area contributed by atoms with Crippen LogP contribution < -0.4 is 4.90 Å². The maximum Gasteiger partial charge on any atom is 0.0395 e. The molecule has 1 nitrogen and oxygen atoms in total. The van der Waals surface area contributed by atoms with Gasteiger partial charge in [0.15, 0.2) is 0 Å². The van der Waals surface area contributed by atoms with Gasteiger partial charge in [-0.3, -0.25) is 0 Å². The molecule has 1 aliphatic heterocycles. The number of para-hydroxylation sites is 1. The summed E-state index contributed by atoms with van der Waals surface area (Å²) in [6, 6.07) is 8.74. The average molecular weight is 217 g/mol. The van der Waals surface area contributed by atoms with Gasteiger partial charge in [0.2, 0.25) is 0 Å². The zero-order valence-electron chi connectivity index (χ0n) is 10.7. The van der Waals surface area contributed by atoms with Crippen LogP contribution in [0.3, 0.4) is 0 Å². The Morgan fingerprint density at radius 1 is 1.12 bits per heavy atom. The van der Waals surface area contributed by atoms with Gasteiger partial charge in [-0.05, 0) is 43.2 Å². The molecule has 1 fully saturated rings. The largest absolute Gasteiger partial charge is 0.371 e. The SMILES string of the molecule is Cc1ccccc1N1CCC(C(C)C)CC1. The van der Waals surface area contributed by atoms with Crippen LogP contribution in [0, 0.1) is 18.8 Å². The van der Waals surface area contributed by atoms with Gasteiger partial charge in [-0.1, -0.05) is 32.0 Å². The van der Waals surface area contributed by atoms with E-state index in [4.69, 9.17) is 0 Å². The van der Waals surface area contributed by atoms with Crippen LogP contribution in [-0.2, 0) is 0 Å². The molecule has 0 radical (unpaired) electrons. The van der Waals surface area contributed by atoms with E-state index in [9.17, 15) is 0 Å². The molecule has 1 aliphatic rings. The van der Waals surface area contributed by atoms with E-state index in [-0.39, 0.29) is 0 Å². The van der Waals surface area contributed by atoms with Crippen LogP contribution in [0.4, 0.5) is 5.69 Å². The first kappa shape index (κ1) is 11.5. The van der Waals surface area contributed by atoms with Crippen molar-refractivity contribution in [2.75, 3.05) is 18.0 Å². The summed E-state index contributed by atoms with van der Waals surface area (Å²) in [5, 5.41) is 0. The molecule has 0 saturated carbocycles. The minimum Gasteiger partial charge on any atom is -0.371 e. The molecular weight excluding hydrogens is 194 g/mol. The van der Waals surface area contributed by atoms with Crippen molar-refractivity contribution in [1.29, 1.82) is 0 Å². The summed E-state index contributed by atoms with van der Waals surface area (Å²) in [5.74, 6) is 1.78. The molecule has 2 rings (SSSR count). The second-order valence-corrected chi connectivity index (χ2v) is 5.35. The minimum atomic E-state index is 0.846. The van der Waals surface area contributed by atoms with E-state index < -0.39 is 0 Å². The number of rotatable bonds is 2. The van der Waals surface area contributed by atoms with Crippen LogP contribution in [0.2, 0.25) is 0 Å². The summed E-state index contributed by atoms with van der Waals surface area (Å²) in [6.45, 7) is 9.38. The number of benzene rings is 1. The second-order valence-electron chi connectivity index (χ2n) is 5.35. The molecule has 0 unspecified atom stereocenters. The summed E-state index contributed by atoms with van der Waals surface area (Å²) in [6.07, 6.45) is 2.71. The van der Waals surface area contributed by atoms with Gasteiger partial charge in [-0.15, -0.1) is 0 Å². The van der Waals surface area contributed by atoms with Gasteiger partial charge >= 0.3 is 0 Å². The highest BCUT2D eigenvalue weighted by Gasteiger charge is 2.22. The summed E-state index contributed by atoms with van der Waals surface area (Å²) >= 11 is 0. The highest BCUT2D eigenvalue weighted by molar-refractivity contribution is 5.53. The Morgan fingerprint density at radius 3 is 2.31 bits per heavy atom. The lowest BCUT2D eigenvalue weighted by Gasteiger charge is -2.36. The highest BCUT2D eigenvalue weighted by Crippen LogP contribution is 2.29. The zero-order chi connectivity index (χ0) is 11.5. The molecule has 0 aliphatic carbocycles. The van der Waals surface area contributed by atoms with E-state index in [0.29, 0.717) is 0 Å². The summed E-state index contributed by atoms with van der Waals surface area (Å²) in [4.78, 5) is 2.55. The van der Waals surface area contributed by atoms with Gasteiger partial charge in [-0.2, -0.15) is 0 Å². The Hall–Kier alpha value is -0.980. The molecule has 1 aromatic carbocycles. The molecule has 0 aromatic heterocycles. The predicted molar refractivity (Wildman–Crippen MR) is 71.0 cm³/mol. The van der Waals surface area contributed by atoms with E-state index in [1.807, 2.05) is 0 Å². The Kier molecular flexibility index (Phi) is 3.52.